The normalized spacial score (nSPS) is 10.1. The standard InChI is InChI=1S/C16H22N4O.HI/c1-3-11-19-16(17-4-2)20-13-15(21)18-12-10-14-8-6-5-7-9-14;/h1,5-9H,4,10-13H2,2H3,(H,18,21)(H2,17,19,20);1H. The highest BCUT2D eigenvalue weighted by atomic mass is 127. The van der Waals surface area contributed by atoms with Crippen LogP contribution in [0.5, 0.6) is 0 Å². The number of benzene rings is 1. The number of carbonyl (C=O) groups is 1. The molecule has 0 radical (unpaired) electrons. The summed E-state index contributed by atoms with van der Waals surface area (Å²) < 4.78 is 0. The van der Waals surface area contributed by atoms with Crippen LogP contribution in [0, 0.1) is 12.3 Å². The quantitative estimate of drug-likeness (QED) is 0.272. The molecule has 0 saturated heterocycles. The van der Waals surface area contributed by atoms with Crippen LogP contribution in [-0.2, 0) is 11.2 Å². The van der Waals surface area contributed by atoms with Crippen LogP contribution in [0.15, 0.2) is 35.3 Å². The minimum Gasteiger partial charge on any atom is -0.357 e. The number of guanidine groups is 1. The van der Waals surface area contributed by atoms with Crippen molar-refractivity contribution in [3.63, 3.8) is 0 Å². The maximum Gasteiger partial charge on any atom is 0.241 e. The molecule has 0 unspecified atom stereocenters. The minimum absolute atomic E-state index is 0. The van der Waals surface area contributed by atoms with Crippen LogP contribution in [-0.4, -0.2) is 38.0 Å². The van der Waals surface area contributed by atoms with E-state index in [1.54, 1.807) is 0 Å². The summed E-state index contributed by atoms with van der Waals surface area (Å²) in [4.78, 5) is 15.9. The van der Waals surface area contributed by atoms with Crippen molar-refractivity contribution in [2.75, 3.05) is 26.2 Å². The third-order valence-corrected chi connectivity index (χ3v) is 2.66. The van der Waals surface area contributed by atoms with Gasteiger partial charge in [-0.15, -0.1) is 30.4 Å². The first kappa shape index (κ1) is 20.2. The molecule has 0 aromatic heterocycles. The zero-order chi connectivity index (χ0) is 15.3. The van der Waals surface area contributed by atoms with Gasteiger partial charge in [-0.25, -0.2) is 4.99 Å². The van der Waals surface area contributed by atoms with Gasteiger partial charge >= 0.3 is 0 Å². The molecule has 5 nitrogen and oxygen atoms in total. The summed E-state index contributed by atoms with van der Waals surface area (Å²) in [7, 11) is 0. The fourth-order valence-electron chi connectivity index (χ4n) is 1.67. The maximum atomic E-state index is 11.7. The van der Waals surface area contributed by atoms with Gasteiger partial charge in [0.15, 0.2) is 5.96 Å². The molecule has 22 heavy (non-hydrogen) atoms. The van der Waals surface area contributed by atoms with Crippen LogP contribution in [0.25, 0.3) is 0 Å². The second kappa shape index (κ2) is 13.0. The Balaban J connectivity index is 0.00000441. The third-order valence-electron chi connectivity index (χ3n) is 2.66. The van der Waals surface area contributed by atoms with E-state index in [1.807, 2.05) is 37.3 Å². The van der Waals surface area contributed by atoms with Crippen molar-refractivity contribution in [1.29, 1.82) is 0 Å². The lowest BCUT2D eigenvalue weighted by atomic mass is 10.1. The van der Waals surface area contributed by atoms with Crippen molar-refractivity contribution in [3.05, 3.63) is 35.9 Å². The van der Waals surface area contributed by atoms with Crippen molar-refractivity contribution in [2.45, 2.75) is 13.3 Å². The van der Waals surface area contributed by atoms with Gasteiger partial charge in [0.2, 0.25) is 5.91 Å². The van der Waals surface area contributed by atoms with Crippen LogP contribution in [0.2, 0.25) is 0 Å². The maximum absolute atomic E-state index is 11.7. The largest absolute Gasteiger partial charge is 0.357 e. The molecule has 0 aliphatic carbocycles. The molecular formula is C16H23IN4O. The van der Waals surface area contributed by atoms with E-state index in [-0.39, 0.29) is 36.4 Å². The number of aliphatic imine (C=N–C) groups is 1. The van der Waals surface area contributed by atoms with E-state index in [4.69, 9.17) is 6.42 Å². The van der Waals surface area contributed by atoms with Crippen LogP contribution in [0.1, 0.15) is 12.5 Å². The Morgan fingerprint density at radius 1 is 1.23 bits per heavy atom. The summed E-state index contributed by atoms with van der Waals surface area (Å²) in [5.41, 5.74) is 1.20. The number of nitrogens with one attached hydrogen (secondary N) is 3. The first-order chi connectivity index (χ1) is 10.3. The molecule has 0 aliphatic heterocycles. The highest BCUT2D eigenvalue weighted by Crippen LogP contribution is 1.97. The van der Waals surface area contributed by atoms with Gasteiger partial charge in [0, 0.05) is 13.1 Å². The molecule has 3 N–H and O–H groups in total. The highest BCUT2D eigenvalue weighted by Gasteiger charge is 2.01. The van der Waals surface area contributed by atoms with Crippen LogP contribution < -0.4 is 16.0 Å². The SMILES string of the molecule is C#CCNC(=NCC(=O)NCCc1ccccc1)NCC.I. The van der Waals surface area contributed by atoms with Gasteiger partial charge in [-0.3, -0.25) is 4.79 Å². The van der Waals surface area contributed by atoms with Crippen LogP contribution in [0.3, 0.4) is 0 Å². The molecular weight excluding hydrogens is 391 g/mol. The van der Waals surface area contributed by atoms with E-state index in [1.165, 1.54) is 5.56 Å². The topological polar surface area (TPSA) is 65.5 Å². The van der Waals surface area contributed by atoms with Gasteiger partial charge in [-0.05, 0) is 18.9 Å². The average molecular weight is 414 g/mol. The van der Waals surface area contributed by atoms with Gasteiger partial charge in [-0.1, -0.05) is 36.3 Å². The fraction of sp³-hybridized carbons (Fsp3) is 0.375. The second-order valence-electron chi connectivity index (χ2n) is 4.34. The molecule has 1 aromatic rings. The molecule has 1 aromatic carbocycles. The zero-order valence-corrected chi connectivity index (χ0v) is 15.1. The van der Waals surface area contributed by atoms with Crippen LogP contribution >= 0.6 is 24.0 Å². The molecule has 120 valence electrons. The van der Waals surface area contributed by atoms with Gasteiger partial charge in [-0.2, -0.15) is 0 Å². The Morgan fingerprint density at radius 2 is 1.95 bits per heavy atom. The predicted molar refractivity (Wildman–Crippen MR) is 101 cm³/mol. The van der Waals surface area contributed by atoms with Gasteiger partial charge in [0.05, 0.1) is 6.54 Å². The Hall–Kier alpha value is -1.75. The summed E-state index contributed by atoms with van der Waals surface area (Å²) in [5.74, 6) is 2.91. The van der Waals surface area contributed by atoms with Crippen LogP contribution in [0.4, 0.5) is 0 Å². The molecule has 0 fully saturated rings. The van der Waals surface area contributed by atoms with E-state index in [2.05, 4.69) is 26.9 Å². The molecule has 0 bridgehead atoms. The van der Waals surface area contributed by atoms with Crippen molar-refractivity contribution in [2.24, 2.45) is 4.99 Å². The minimum atomic E-state index is -0.108. The number of halogens is 1. The van der Waals surface area contributed by atoms with Gasteiger partial charge in [0.1, 0.15) is 6.54 Å². The fourth-order valence-corrected chi connectivity index (χ4v) is 1.67. The molecule has 1 amide bonds. The number of hydrogen-bond donors (Lipinski definition) is 3. The number of hydrogen-bond acceptors (Lipinski definition) is 2. The van der Waals surface area contributed by atoms with E-state index in [9.17, 15) is 4.79 Å². The van der Waals surface area contributed by atoms with Gasteiger partial charge in [0.25, 0.3) is 0 Å². The number of carbonyl (C=O) groups excluding carboxylic acids is 1. The Bertz CT molecular complexity index is 497. The monoisotopic (exact) mass is 414 g/mol. The number of rotatable bonds is 7. The lowest BCUT2D eigenvalue weighted by Gasteiger charge is -2.09. The molecule has 0 spiro atoms. The summed E-state index contributed by atoms with van der Waals surface area (Å²) in [5, 5.41) is 8.79. The van der Waals surface area contributed by atoms with E-state index < -0.39 is 0 Å². The van der Waals surface area contributed by atoms with Crippen molar-refractivity contribution in [3.8, 4) is 12.3 Å². The molecule has 0 saturated carbocycles. The third kappa shape index (κ3) is 9.23. The second-order valence-corrected chi connectivity index (χ2v) is 4.34. The smallest absolute Gasteiger partial charge is 0.241 e. The lowest BCUT2D eigenvalue weighted by Crippen LogP contribution is -2.38. The van der Waals surface area contributed by atoms with Crippen molar-refractivity contribution >= 4 is 35.8 Å². The van der Waals surface area contributed by atoms with Crippen molar-refractivity contribution < 1.29 is 4.79 Å². The van der Waals surface area contributed by atoms with E-state index in [0.29, 0.717) is 25.6 Å². The molecule has 0 heterocycles. The summed E-state index contributed by atoms with van der Waals surface area (Å²) in [6.07, 6.45) is 5.99. The number of terminal acetylenes is 1. The first-order valence-electron chi connectivity index (χ1n) is 7.02. The first-order valence-corrected chi connectivity index (χ1v) is 7.02. The van der Waals surface area contributed by atoms with E-state index in [0.717, 1.165) is 6.42 Å². The Labute approximate surface area is 149 Å². The van der Waals surface area contributed by atoms with Gasteiger partial charge < -0.3 is 16.0 Å². The summed E-state index contributed by atoms with van der Waals surface area (Å²) in [6, 6.07) is 10.0. The highest BCUT2D eigenvalue weighted by molar-refractivity contribution is 14.0. The lowest BCUT2D eigenvalue weighted by molar-refractivity contribution is -0.119. The predicted octanol–water partition coefficient (Wildman–Crippen LogP) is 1.15. The molecule has 0 atom stereocenters. The Kier molecular flexibility index (Phi) is 11.9. The summed E-state index contributed by atoms with van der Waals surface area (Å²) >= 11 is 0. The molecule has 0 aliphatic rings. The Morgan fingerprint density at radius 3 is 2.59 bits per heavy atom. The zero-order valence-electron chi connectivity index (χ0n) is 12.8. The molecule has 6 heteroatoms. The van der Waals surface area contributed by atoms with E-state index >= 15 is 0 Å². The summed E-state index contributed by atoms with van der Waals surface area (Å²) in [6.45, 7) is 3.72. The molecule has 1 rings (SSSR count). The van der Waals surface area contributed by atoms with Crippen molar-refractivity contribution in [1.82, 2.24) is 16.0 Å². The average Bonchev–Trinajstić information content (AvgIpc) is 2.51. The number of amides is 1. The number of nitrogens with zero attached hydrogens (tertiary/aromatic N) is 1.